The Morgan fingerprint density at radius 1 is 1.00 bits per heavy atom. The minimum Gasteiger partial charge on any atom is -0.383 e. The van der Waals surface area contributed by atoms with Crippen LogP contribution < -0.4 is 4.90 Å². The third kappa shape index (κ3) is 4.56. The summed E-state index contributed by atoms with van der Waals surface area (Å²) in [4.78, 5) is 37.9. The minimum atomic E-state index is -0.609. The molecule has 36 heavy (non-hydrogen) atoms. The van der Waals surface area contributed by atoms with E-state index in [0.29, 0.717) is 50.5 Å². The molecule has 1 fully saturated rings. The first-order chi connectivity index (χ1) is 17.6. The molecule has 2 aromatic carbocycles. The number of halogens is 1. The Balaban J connectivity index is 1.50. The third-order valence-electron chi connectivity index (χ3n) is 7.02. The van der Waals surface area contributed by atoms with E-state index in [4.69, 9.17) is 4.74 Å². The number of pyridine rings is 1. The van der Waals surface area contributed by atoms with E-state index in [-0.39, 0.29) is 17.6 Å². The average Bonchev–Trinajstić information content (AvgIpc) is 2.93. The van der Waals surface area contributed by atoms with Gasteiger partial charge in [-0.2, -0.15) is 0 Å². The molecule has 3 aromatic rings. The molecule has 5 rings (SSSR count). The summed E-state index contributed by atoms with van der Waals surface area (Å²) in [7, 11) is 1.58. The van der Waals surface area contributed by atoms with E-state index in [0.717, 1.165) is 11.4 Å². The fourth-order valence-electron chi connectivity index (χ4n) is 5.22. The van der Waals surface area contributed by atoms with Crippen molar-refractivity contribution in [3.63, 3.8) is 0 Å². The Hall–Kier alpha value is -3.78. The lowest BCUT2D eigenvalue weighted by Crippen LogP contribution is -2.54. The number of benzene rings is 2. The molecule has 0 aliphatic carbocycles. The molecular weight excluding hydrogens is 459 g/mol. The lowest BCUT2D eigenvalue weighted by Gasteiger charge is -2.44. The number of hydrogen-bond donors (Lipinski definition) is 0. The van der Waals surface area contributed by atoms with Gasteiger partial charge in [0.1, 0.15) is 11.6 Å². The van der Waals surface area contributed by atoms with Crippen molar-refractivity contribution >= 4 is 17.6 Å². The maximum absolute atomic E-state index is 14.2. The number of anilines is 1. The topological polar surface area (TPSA) is 66.0 Å². The Bertz CT molecular complexity index is 1210. The summed E-state index contributed by atoms with van der Waals surface area (Å²) >= 11 is 0. The van der Waals surface area contributed by atoms with Crippen molar-refractivity contribution in [1.82, 2.24) is 14.8 Å². The molecule has 2 amide bonds. The van der Waals surface area contributed by atoms with E-state index in [1.807, 2.05) is 41.3 Å². The van der Waals surface area contributed by atoms with E-state index in [2.05, 4.69) is 9.88 Å². The van der Waals surface area contributed by atoms with Crippen molar-refractivity contribution in [3.05, 3.63) is 95.4 Å². The van der Waals surface area contributed by atoms with E-state index in [1.54, 1.807) is 36.4 Å². The van der Waals surface area contributed by atoms with E-state index in [9.17, 15) is 14.0 Å². The van der Waals surface area contributed by atoms with Crippen LogP contribution in [0.3, 0.4) is 0 Å². The number of rotatable bonds is 6. The molecule has 2 unspecified atom stereocenters. The van der Waals surface area contributed by atoms with Crippen LogP contribution >= 0.6 is 0 Å². The van der Waals surface area contributed by atoms with Gasteiger partial charge in [-0.1, -0.05) is 36.4 Å². The first-order valence-corrected chi connectivity index (χ1v) is 12.2. The smallest absolute Gasteiger partial charge is 0.254 e. The molecule has 7 nitrogen and oxygen atoms in total. The SMILES string of the molecule is COCCN1C(=O)c2ccccc2C(C(=O)N2CCN(c3ccccn3)CC2)C1c1ccc(F)cc1. The number of piperazine rings is 1. The highest BCUT2D eigenvalue weighted by Crippen LogP contribution is 2.43. The molecular formula is C28H29FN4O3. The van der Waals surface area contributed by atoms with Gasteiger partial charge in [-0.3, -0.25) is 9.59 Å². The van der Waals surface area contributed by atoms with Crippen LogP contribution in [0, 0.1) is 5.82 Å². The predicted octanol–water partition coefficient (Wildman–Crippen LogP) is 3.50. The lowest BCUT2D eigenvalue weighted by atomic mass is 9.78. The quantitative estimate of drug-likeness (QED) is 0.532. The average molecular weight is 489 g/mol. The summed E-state index contributed by atoms with van der Waals surface area (Å²) in [6, 6.07) is 18.7. The monoisotopic (exact) mass is 488 g/mol. The maximum atomic E-state index is 14.2. The second-order valence-electron chi connectivity index (χ2n) is 9.05. The molecule has 1 aromatic heterocycles. The van der Waals surface area contributed by atoms with Gasteiger partial charge in [-0.15, -0.1) is 0 Å². The molecule has 0 radical (unpaired) electrons. The molecule has 0 bridgehead atoms. The molecule has 1 saturated heterocycles. The summed E-state index contributed by atoms with van der Waals surface area (Å²) in [5.74, 6) is -0.262. The number of aromatic nitrogens is 1. The number of ether oxygens (including phenoxy) is 1. The molecule has 2 aliphatic rings. The number of hydrogen-bond acceptors (Lipinski definition) is 5. The lowest BCUT2D eigenvalue weighted by molar-refractivity contribution is -0.135. The maximum Gasteiger partial charge on any atom is 0.254 e. The van der Waals surface area contributed by atoms with Crippen LogP contribution in [0.1, 0.15) is 33.4 Å². The highest BCUT2D eigenvalue weighted by atomic mass is 19.1. The predicted molar refractivity (Wildman–Crippen MR) is 134 cm³/mol. The number of amides is 2. The standard InChI is InChI=1S/C28H29FN4O3/c1-36-19-18-33-26(20-9-11-21(29)12-10-20)25(22-6-2-3-7-23(22)27(33)34)28(35)32-16-14-31(15-17-32)24-8-4-5-13-30-24/h2-13,25-26H,14-19H2,1H3. The molecule has 186 valence electrons. The van der Waals surface area contributed by atoms with Gasteiger partial charge in [0, 0.05) is 51.6 Å². The van der Waals surface area contributed by atoms with Gasteiger partial charge in [0.25, 0.3) is 5.91 Å². The van der Waals surface area contributed by atoms with Crippen LogP contribution in [-0.4, -0.2) is 73.0 Å². The van der Waals surface area contributed by atoms with E-state index in [1.165, 1.54) is 12.1 Å². The Morgan fingerprint density at radius 2 is 1.72 bits per heavy atom. The van der Waals surface area contributed by atoms with Gasteiger partial charge < -0.3 is 19.4 Å². The molecule has 2 atom stereocenters. The van der Waals surface area contributed by atoms with Crippen LogP contribution in [0.25, 0.3) is 0 Å². The van der Waals surface area contributed by atoms with Crippen molar-refractivity contribution in [2.24, 2.45) is 0 Å². The zero-order chi connectivity index (χ0) is 25.1. The Morgan fingerprint density at radius 3 is 2.42 bits per heavy atom. The normalized spacial score (nSPS) is 19.8. The molecule has 3 heterocycles. The third-order valence-corrected chi connectivity index (χ3v) is 7.02. The highest BCUT2D eigenvalue weighted by molar-refractivity contribution is 6.01. The summed E-state index contributed by atoms with van der Waals surface area (Å²) < 4.78 is 19.1. The second-order valence-corrected chi connectivity index (χ2v) is 9.05. The van der Waals surface area contributed by atoms with Crippen LogP contribution in [0.2, 0.25) is 0 Å². The summed E-state index contributed by atoms with van der Waals surface area (Å²) in [5, 5.41) is 0. The van der Waals surface area contributed by atoms with Crippen LogP contribution in [-0.2, 0) is 9.53 Å². The van der Waals surface area contributed by atoms with Crippen LogP contribution in [0.4, 0.5) is 10.2 Å². The molecule has 0 saturated carbocycles. The first kappa shape index (κ1) is 23.9. The number of fused-ring (bicyclic) bond motifs is 1. The fourth-order valence-corrected chi connectivity index (χ4v) is 5.22. The molecule has 8 heteroatoms. The number of carbonyl (C=O) groups excluding carboxylic acids is 2. The summed E-state index contributed by atoms with van der Waals surface area (Å²) in [5.41, 5.74) is 1.96. The number of methoxy groups -OCH3 is 1. The van der Waals surface area contributed by atoms with Gasteiger partial charge in [0.2, 0.25) is 5.91 Å². The highest BCUT2D eigenvalue weighted by Gasteiger charge is 2.45. The van der Waals surface area contributed by atoms with Crippen molar-refractivity contribution in [3.8, 4) is 0 Å². The zero-order valence-electron chi connectivity index (χ0n) is 20.2. The fraction of sp³-hybridized carbons (Fsp3) is 0.321. The molecule has 0 N–H and O–H groups in total. The Kier molecular flexibility index (Phi) is 6.95. The van der Waals surface area contributed by atoms with Crippen molar-refractivity contribution < 1.29 is 18.7 Å². The van der Waals surface area contributed by atoms with Crippen molar-refractivity contribution in [2.75, 3.05) is 51.3 Å². The van der Waals surface area contributed by atoms with Gasteiger partial charge in [0.05, 0.1) is 18.6 Å². The Labute approximate surface area is 210 Å². The van der Waals surface area contributed by atoms with E-state index >= 15 is 0 Å². The molecule has 2 aliphatic heterocycles. The first-order valence-electron chi connectivity index (χ1n) is 12.2. The van der Waals surface area contributed by atoms with Crippen molar-refractivity contribution in [1.29, 1.82) is 0 Å². The van der Waals surface area contributed by atoms with Gasteiger partial charge in [0.15, 0.2) is 0 Å². The van der Waals surface area contributed by atoms with E-state index < -0.39 is 12.0 Å². The summed E-state index contributed by atoms with van der Waals surface area (Å²) in [6.45, 7) is 3.10. The summed E-state index contributed by atoms with van der Waals surface area (Å²) in [6.07, 6.45) is 1.77. The number of carbonyl (C=O) groups is 2. The van der Waals surface area contributed by atoms with Gasteiger partial charge >= 0.3 is 0 Å². The zero-order valence-corrected chi connectivity index (χ0v) is 20.2. The van der Waals surface area contributed by atoms with Crippen molar-refractivity contribution in [2.45, 2.75) is 12.0 Å². The largest absolute Gasteiger partial charge is 0.383 e. The molecule has 0 spiro atoms. The second kappa shape index (κ2) is 10.5. The minimum absolute atomic E-state index is 0.0348. The van der Waals surface area contributed by atoms with Crippen LogP contribution in [0.5, 0.6) is 0 Å². The van der Waals surface area contributed by atoms with Gasteiger partial charge in [-0.05, 0) is 41.5 Å². The van der Waals surface area contributed by atoms with Crippen LogP contribution in [0.15, 0.2) is 72.9 Å². The number of nitrogens with zero attached hydrogens (tertiary/aromatic N) is 4. The van der Waals surface area contributed by atoms with Gasteiger partial charge in [-0.25, -0.2) is 9.37 Å².